The minimum atomic E-state index is -4.39. The fraction of sp³-hybridized carbons (Fsp3) is 0.333. The van der Waals surface area contributed by atoms with E-state index in [4.69, 9.17) is 4.52 Å². The minimum absolute atomic E-state index is 0.0410. The second-order valence-corrected chi connectivity index (χ2v) is 6.48. The van der Waals surface area contributed by atoms with Crippen LogP contribution in [0.5, 0.6) is 0 Å². The molecular weight excluding hydrogens is 375 g/mol. The molecule has 3 aromatic rings. The minimum Gasteiger partial charge on any atom is -0.360 e. The summed E-state index contributed by atoms with van der Waals surface area (Å²) in [5.41, 5.74) is 1.01. The van der Waals surface area contributed by atoms with Crippen molar-refractivity contribution in [2.24, 2.45) is 0 Å². The lowest BCUT2D eigenvalue weighted by Crippen LogP contribution is -2.36. The van der Waals surface area contributed by atoms with Gasteiger partial charge in [-0.15, -0.1) is 0 Å². The summed E-state index contributed by atoms with van der Waals surface area (Å²) in [7, 11) is 0. The van der Waals surface area contributed by atoms with Crippen LogP contribution >= 0.6 is 0 Å². The molecule has 1 aliphatic rings. The van der Waals surface area contributed by atoms with Gasteiger partial charge < -0.3 is 9.42 Å². The highest BCUT2D eigenvalue weighted by Crippen LogP contribution is 2.33. The Kier molecular flexibility index (Phi) is 4.62. The number of amides is 1. The summed E-state index contributed by atoms with van der Waals surface area (Å²) in [6, 6.07) is 4.76. The van der Waals surface area contributed by atoms with E-state index in [1.807, 2.05) is 0 Å². The van der Waals surface area contributed by atoms with Crippen LogP contribution in [0.3, 0.4) is 0 Å². The first kappa shape index (κ1) is 18.2. The Bertz CT molecular complexity index is 964. The molecule has 0 saturated heterocycles. The summed E-state index contributed by atoms with van der Waals surface area (Å²) in [4.78, 5) is 18.1. The fourth-order valence-electron chi connectivity index (χ4n) is 3.18. The molecule has 0 saturated carbocycles. The number of nitrogens with zero attached hydrogens (tertiary/aromatic N) is 5. The Morgan fingerprint density at radius 2 is 2.00 bits per heavy atom. The highest BCUT2D eigenvalue weighted by molar-refractivity contribution is 5.77. The number of hydrogen-bond acceptors (Lipinski definition) is 5. The summed E-state index contributed by atoms with van der Waals surface area (Å²) in [5, 5.41) is 7.99. The number of alkyl halides is 3. The molecule has 146 valence electrons. The Morgan fingerprint density at radius 1 is 1.21 bits per heavy atom. The van der Waals surface area contributed by atoms with Crippen LogP contribution < -0.4 is 0 Å². The van der Waals surface area contributed by atoms with E-state index in [0.717, 1.165) is 17.7 Å². The van der Waals surface area contributed by atoms with Gasteiger partial charge in [-0.1, -0.05) is 17.3 Å². The van der Waals surface area contributed by atoms with E-state index in [-0.39, 0.29) is 12.3 Å². The Balaban J connectivity index is 1.49. The number of rotatable bonds is 4. The van der Waals surface area contributed by atoms with Crippen molar-refractivity contribution in [3.05, 3.63) is 53.8 Å². The first-order valence-electron chi connectivity index (χ1n) is 8.67. The maximum absolute atomic E-state index is 12.8. The van der Waals surface area contributed by atoms with Gasteiger partial charge in [-0.05, 0) is 12.1 Å². The van der Waals surface area contributed by atoms with Gasteiger partial charge in [0.2, 0.25) is 5.91 Å². The quantitative estimate of drug-likeness (QED) is 0.684. The number of aryl methyl sites for hydroxylation is 1. The summed E-state index contributed by atoms with van der Waals surface area (Å²) in [5.74, 6) is 0.621. The van der Waals surface area contributed by atoms with Gasteiger partial charge in [-0.3, -0.25) is 9.48 Å². The van der Waals surface area contributed by atoms with E-state index in [0.29, 0.717) is 43.1 Å². The third-order valence-corrected chi connectivity index (χ3v) is 4.69. The normalized spacial score (nSPS) is 14.2. The van der Waals surface area contributed by atoms with Crippen molar-refractivity contribution in [3.8, 4) is 11.3 Å². The first-order chi connectivity index (χ1) is 13.4. The number of halogens is 3. The number of aromatic nitrogens is 4. The average molecular weight is 391 g/mol. The molecule has 10 heteroatoms. The van der Waals surface area contributed by atoms with E-state index in [1.54, 1.807) is 15.9 Å². The van der Waals surface area contributed by atoms with Crippen LogP contribution in [-0.4, -0.2) is 37.3 Å². The maximum atomic E-state index is 12.8. The summed E-state index contributed by atoms with van der Waals surface area (Å²) in [6.45, 7) is 1.24. The molecule has 0 fully saturated rings. The predicted octanol–water partition coefficient (Wildman–Crippen LogP) is 2.93. The topological polar surface area (TPSA) is 77.0 Å². The lowest BCUT2D eigenvalue weighted by atomic mass is 10.0. The van der Waals surface area contributed by atoms with Crippen molar-refractivity contribution in [2.45, 2.75) is 32.1 Å². The van der Waals surface area contributed by atoms with Crippen LogP contribution in [0.25, 0.3) is 11.3 Å². The summed E-state index contributed by atoms with van der Waals surface area (Å²) < 4.78 is 45.2. The highest BCUT2D eigenvalue weighted by Gasteiger charge is 2.31. The summed E-state index contributed by atoms with van der Waals surface area (Å²) >= 11 is 0. The first-order valence-corrected chi connectivity index (χ1v) is 8.67. The molecule has 0 bridgehead atoms. The second kappa shape index (κ2) is 7.10. The van der Waals surface area contributed by atoms with Crippen LogP contribution in [0.2, 0.25) is 0 Å². The number of carbonyl (C=O) groups is 1. The van der Waals surface area contributed by atoms with Gasteiger partial charge in [-0.2, -0.15) is 18.3 Å². The van der Waals surface area contributed by atoms with Gasteiger partial charge in [0, 0.05) is 30.5 Å². The molecule has 2 aromatic heterocycles. The van der Waals surface area contributed by atoms with Gasteiger partial charge in [0.1, 0.15) is 24.1 Å². The van der Waals surface area contributed by atoms with Gasteiger partial charge in [0.25, 0.3) is 0 Å². The molecule has 0 N–H and O–H groups in total. The van der Waals surface area contributed by atoms with Crippen molar-refractivity contribution in [1.82, 2.24) is 24.8 Å². The second-order valence-electron chi connectivity index (χ2n) is 6.48. The fourth-order valence-corrected chi connectivity index (χ4v) is 3.18. The smallest absolute Gasteiger partial charge is 0.360 e. The predicted molar refractivity (Wildman–Crippen MR) is 90.7 cm³/mol. The zero-order valence-corrected chi connectivity index (χ0v) is 14.7. The van der Waals surface area contributed by atoms with E-state index < -0.39 is 11.7 Å². The molecule has 1 aromatic carbocycles. The Hall–Kier alpha value is -3.17. The molecule has 7 nitrogen and oxygen atoms in total. The molecule has 1 aliphatic heterocycles. The molecule has 4 rings (SSSR count). The van der Waals surface area contributed by atoms with Gasteiger partial charge >= 0.3 is 6.18 Å². The molecule has 0 unspecified atom stereocenters. The van der Waals surface area contributed by atoms with Crippen LogP contribution in [-0.2, 0) is 30.5 Å². The van der Waals surface area contributed by atoms with E-state index >= 15 is 0 Å². The molecular formula is C18H16F3N5O2. The molecule has 0 radical (unpaired) electrons. The third-order valence-electron chi connectivity index (χ3n) is 4.69. The lowest BCUT2D eigenvalue weighted by Gasteiger charge is -2.26. The molecule has 28 heavy (non-hydrogen) atoms. The van der Waals surface area contributed by atoms with Crippen molar-refractivity contribution >= 4 is 5.91 Å². The van der Waals surface area contributed by atoms with Crippen LogP contribution in [0, 0.1) is 0 Å². The number of carbonyl (C=O) groups excluding carboxylic acids is 1. The van der Waals surface area contributed by atoms with Crippen molar-refractivity contribution < 1.29 is 22.5 Å². The molecule has 0 spiro atoms. The number of benzene rings is 1. The van der Waals surface area contributed by atoms with Crippen molar-refractivity contribution in [1.29, 1.82) is 0 Å². The SMILES string of the molecule is O=C(CCn1cncn1)N1CCc2onc(-c3ccc(C(F)(F)F)cc3)c2C1. The molecule has 0 atom stereocenters. The zero-order valence-electron chi connectivity index (χ0n) is 14.7. The summed E-state index contributed by atoms with van der Waals surface area (Å²) in [6.07, 6.45) is -0.651. The average Bonchev–Trinajstić information content (AvgIpc) is 3.34. The standard InChI is InChI=1S/C18H16F3N5O2/c19-18(20,21)13-3-1-12(2-4-13)17-14-9-25(7-5-15(14)28-24-17)16(27)6-8-26-11-22-10-23-26/h1-4,10-11H,5-9H2. The molecule has 3 heterocycles. The van der Waals surface area contributed by atoms with E-state index in [9.17, 15) is 18.0 Å². The van der Waals surface area contributed by atoms with E-state index in [1.165, 1.54) is 18.5 Å². The van der Waals surface area contributed by atoms with Crippen LogP contribution in [0.4, 0.5) is 13.2 Å². The van der Waals surface area contributed by atoms with Gasteiger partial charge in [-0.25, -0.2) is 4.98 Å². The lowest BCUT2D eigenvalue weighted by molar-refractivity contribution is -0.137. The molecule has 0 aliphatic carbocycles. The maximum Gasteiger partial charge on any atom is 0.416 e. The zero-order chi connectivity index (χ0) is 19.7. The third kappa shape index (κ3) is 3.62. The Morgan fingerprint density at radius 3 is 2.68 bits per heavy atom. The number of hydrogen-bond donors (Lipinski definition) is 0. The highest BCUT2D eigenvalue weighted by atomic mass is 19.4. The largest absolute Gasteiger partial charge is 0.416 e. The van der Waals surface area contributed by atoms with Crippen LogP contribution in [0.1, 0.15) is 23.3 Å². The van der Waals surface area contributed by atoms with Gasteiger partial charge in [0.05, 0.1) is 18.7 Å². The van der Waals surface area contributed by atoms with Gasteiger partial charge in [0.15, 0.2) is 0 Å². The molecule has 1 amide bonds. The van der Waals surface area contributed by atoms with Crippen molar-refractivity contribution in [3.63, 3.8) is 0 Å². The van der Waals surface area contributed by atoms with Crippen molar-refractivity contribution in [2.75, 3.05) is 6.54 Å². The van der Waals surface area contributed by atoms with E-state index in [2.05, 4.69) is 15.2 Å². The van der Waals surface area contributed by atoms with Crippen LogP contribution in [0.15, 0.2) is 41.4 Å². The Labute approximate surface area is 157 Å². The monoisotopic (exact) mass is 391 g/mol. The number of fused-ring (bicyclic) bond motifs is 1.